The second-order valence-electron chi connectivity index (χ2n) is 4.91. The maximum Gasteiger partial charge on any atom is 0.271 e. The van der Waals surface area contributed by atoms with E-state index in [4.69, 9.17) is 14.2 Å². The molecule has 0 saturated carbocycles. The van der Waals surface area contributed by atoms with Crippen molar-refractivity contribution in [2.75, 3.05) is 34.0 Å². The highest BCUT2D eigenvalue weighted by atomic mass is 16.6. The monoisotopic (exact) mass is 283 g/mol. The molecule has 0 unspecified atom stereocenters. The number of carbonyl (C=O) groups excluding carboxylic acids is 1. The zero-order chi connectivity index (χ0) is 14.5. The molecular formula is C13H21N3O4. The van der Waals surface area contributed by atoms with E-state index in [1.165, 1.54) is 0 Å². The molecule has 1 N–H and O–H groups in total. The molecule has 0 bridgehead atoms. The van der Waals surface area contributed by atoms with Crippen LogP contribution in [-0.4, -0.2) is 61.6 Å². The maximum absolute atomic E-state index is 11.9. The molecule has 1 aromatic heterocycles. The van der Waals surface area contributed by atoms with Crippen molar-refractivity contribution in [3.8, 4) is 0 Å². The number of amides is 1. The number of nitrogens with zero attached hydrogens (tertiary/aromatic N) is 2. The minimum absolute atomic E-state index is 0.0614. The van der Waals surface area contributed by atoms with Gasteiger partial charge in [0.05, 0.1) is 25.6 Å². The standard InChI is InChI=1S/C13H21N3O4/c1-16-5-10(15-8-16)13(17)14-4-9-6-20-7-11(18-2)12(9)19-3/h5,8-9,11-12H,4,6-7H2,1-3H3,(H,14,17)/t9-,11-,12+/m1/s1. The number of ether oxygens (including phenoxy) is 3. The van der Waals surface area contributed by atoms with Gasteiger partial charge in [0.25, 0.3) is 5.91 Å². The van der Waals surface area contributed by atoms with E-state index in [1.807, 2.05) is 7.05 Å². The minimum Gasteiger partial charge on any atom is -0.378 e. The molecule has 20 heavy (non-hydrogen) atoms. The predicted molar refractivity (Wildman–Crippen MR) is 71.4 cm³/mol. The molecule has 3 atom stereocenters. The Morgan fingerprint density at radius 1 is 1.50 bits per heavy atom. The lowest BCUT2D eigenvalue weighted by molar-refractivity contribution is -0.145. The summed E-state index contributed by atoms with van der Waals surface area (Å²) in [6.07, 6.45) is 3.08. The van der Waals surface area contributed by atoms with E-state index in [-0.39, 0.29) is 24.0 Å². The average Bonchev–Trinajstić information content (AvgIpc) is 2.90. The summed E-state index contributed by atoms with van der Waals surface area (Å²) in [5.74, 6) is -0.133. The Balaban J connectivity index is 1.90. The lowest BCUT2D eigenvalue weighted by Crippen LogP contribution is -2.50. The van der Waals surface area contributed by atoms with Gasteiger partial charge in [0.1, 0.15) is 11.8 Å². The van der Waals surface area contributed by atoms with Gasteiger partial charge in [-0.1, -0.05) is 0 Å². The molecule has 1 fully saturated rings. The number of nitrogens with one attached hydrogen (secondary N) is 1. The fourth-order valence-corrected chi connectivity index (χ4v) is 2.39. The molecule has 7 heteroatoms. The van der Waals surface area contributed by atoms with Gasteiger partial charge in [-0.25, -0.2) is 4.98 Å². The third-order valence-corrected chi connectivity index (χ3v) is 3.48. The fraction of sp³-hybridized carbons (Fsp3) is 0.692. The Labute approximate surface area is 118 Å². The predicted octanol–water partition coefficient (Wildman–Crippen LogP) is -0.174. The quantitative estimate of drug-likeness (QED) is 0.812. The highest BCUT2D eigenvalue weighted by Crippen LogP contribution is 2.19. The van der Waals surface area contributed by atoms with Crippen LogP contribution in [0, 0.1) is 5.92 Å². The van der Waals surface area contributed by atoms with Crippen molar-refractivity contribution in [3.63, 3.8) is 0 Å². The first kappa shape index (κ1) is 15.0. The van der Waals surface area contributed by atoms with Crippen molar-refractivity contribution in [1.82, 2.24) is 14.9 Å². The summed E-state index contributed by atoms with van der Waals surface area (Å²) in [6, 6.07) is 0. The number of hydrogen-bond acceptors (Lipinski definition) is 5. The largest absolute Gasteiger partial charge is 0.378 e. The first-order valence-corrected chi connectivity index (χ1v) is 6.55. The number of imidazole rings is 1. The number of aromatic nitrogens is 2. The number of rotatable bonds is 5. The number of aryl methyl sites for hydroxylation is 1. The Morgan fingerprint density at radius 3 is 2.90 bits per heavy atom. The Hall–Kier alpha value is -1.44. The van der Waals surface area contributed by atoms with Gasteiger partial charge in [-0.3, -0.25) is 4.79 Å². The van der Waals surface area contributed by atoms with E-state index in [0.29, 0.717) is 25.5 Å². The van der Waals surface area contributed by atoms with E-state index < -0.39 is 0 Å². The topological polar surface area (TPSA) is 74.6 Å². The second-order valence-corrected chi connectivity index (χ2v) is 4.91. The molecule has 2 heterocycles. The number of methoxy groups -OCH3 is 2. The van der Waals surface area contributed by atoms with Gasteiger partial charge in [0.2, 0.25) is 0 Å². The molecular weight excluding hydrogens is 262 g/mol. The Kier molecular flexibility index (Phi) is 5.11. The molecule has 112 valence electrons. The summed E-state index contributed by atoms with van der Waals surface area (Å²) >= 11 is 0. The van der Waals surface area contributed by atoms with Gasteiger partial charge < -0.3 is 24.1 Å². The molecule has 7 nitrogen and oxygen atoms in total. The van der Waals surface area contributed by atoms with E-state index in [2.05, 4.69) is 10.3 Å². The van der Waals surface area contributed by atoms with Crippen molar-refractivity contribution >= 4 is 5.91 Å². The zero-order valence-electron chi connectivity index (χ0n) is 12.0. The van der Waals surface area contributed by atoms with Crippen LogP contribution in [-0.2, 0) is 21.3 Å². The summed E-state index contributed by atoms with van der Waals surface area (Å²) in [5, 5.41) is 2.86. The van der Waals surface area contributed by atoms with Crippen LogP contribution in [0.25, 0.3) is 0 Å². The van der Waals surface area contributed by atoms with Crippen LogP contribution in [0.1, 0.15) is 10.5 Å². The second kappa shape index (κ2) is 6.83. The normalized spacial score (nSPS) is 26.4. The Morgan fingerprint density at radius 2 is 2.30 bits per heavy atom. The van der Waals surface area contributed by atoms with Gasteiger partial charge in [0.15, 0.2) is 0 Å². The molecule has 0 radical (unpaired) electrons. The molecule has 1 aromatic rings. The van der Waals surface area contributed by atoms with Crippen LogP contribution in [0.4, 0.5) is 0 Å². The summed E-state index contributed by atoms with van der Waals surface area (Å²) in [4.78, 5) is 16.0. The van der Waals surface area contributed by atoms with Crippen molar-refractivity contribution in [1.29, 1.82) is 0 Å². The van der Waals surface area contributed by atoms with Crippen molar-refractivity contribution in [2.24, 2.45) is 13.0 Å². The summed E-state index contributed by atoms with van der Waals surface area (Å²) in [5.41, 5.74) is 0.404. The summed E-state index contributed by atoms with van der Waals surface area (Å²) in [6.45, 7) is 1.52. The lowest BCUT2D eigenvalue weighted by Gasteiger charge is -2.36. The molecule has 1 amide bonds. The highest BCUT2D eigenvalue weighted by molar-refractivity contribution is 5.91. The third kappa shape index (κ3) is 3.36. The van der Waals surface area contributed by atoms with Crippen molar-refractivity contribution in [3.05, 3.63) is 18.2 Å². The molecule has 1 aliphatic rings. The van der Waals surface area contributed by atoms with E-state index in [9.17, 15) is 4.79 Å². The van der Waals surface area contributed by atoms with Gasteiger partial charge in [0, 0.05) is 39.9 Å². The van der Waals surface area contributed by atoms with E-state index in [1.54, 1.807) is 31.3 Å². The fourth-order valence-electron chi connectivity index (χ4n) is 2.39. The summed E-state index contributed by atoms with van der Waals surface area (Å²) in [7, 11) is 5.10. The van der Waals surface area contributed by atoms with E-state index in [0.717, 1.165) is 0 Å². The average molecular weight is 283 g/mol. The van der Waals surface area contributed by atoms with Crippen LogP contribution < -0.4 is 5.32 Å². The van der Waals surface area contributed by atoms with Crippen LogP contribution in [0.2, 0.25) is 0 Å². The lowest BCUT2D eigenvalue weighted by atomic mass is 9.96. The molecule has 0 aromatic carbocycles. The zero-order valence-corrected chi connectivity index (χ0v) is 12.0. The maximum atomic E-state index is 11.9. The molecule has 0 aliphatic carbocycles. The molecule has 0 spiro atoms. The molecule has 1 aliphatic heterocycles. The van der Waals surface area contributed by atoms with Crippen LogP contribution in [0.15, 0.2) is 12.5 Å². The van der Waals surface area contributed by atoms with Crippen molar-refractivity contribution in [2.45, 2.75) is 12.2 Å². The number of hydrogen-bond donors (Lipinski definition) is 1. The first-order valence-electron chi connectivity index (χ1n) is 6.55. The summed E-state index contributed by atoms with van der Waals surface area (Å²) < 4.78 is 18.0. The minimum atomic E-state index is -0.194. The van der Waals surface area contributed by atoms with E-state index >= 15 is 0 Å². The van der Waals surface area contributed by atoms with Crippen LogP contribution in [0.3, 0.4) is 0 Å². The van der Waals surface area contributed by atoms with Gasteiger partial charge in [-0.15, -0.1) is 0 Å². The highest BCUT2D eigenvalue weighted by Gasteiger charge is 2.34. The molecule has 2 rings (SSSR count). The first-order chi connectivity index (χ1) is 9.65. The van der Waals surface area contributed by atoms with Gasteiger partial charge >= 0.3 is 0 Å². The number of carbonyl (C=O) groups is 1. The van der Waals surface area contributed by atoms with Crippen LogP contribution in [0.5, 0.6) is 0 Å². The van der Waals surface area contributed by atoms with Crippen LogP contribution >= 0.6 is 0 Å². The SMILES string of the molecule is CO[C@H]1[C@H](CNC(=O)c2cn(C)cn2)COC[C@H]1OC. The smallest absolute Gasteiger partial charge is 0.271 e. The van der Waals surface area contributed by atoms with Crippen molar-refractivity contribution < 1.29 is 19.0 Å². The van der Waals surface area contributed by atoms with Gasteiger partial charge in [-0.2, -0.15) is 0 Å². The van der Waals surface area contributed by atoms with Gasteiger partial charge in [-0.05, 0) is 0 Å². The Bertz CT molecular complexity index is 449. The molecule has 1 saturated heterocycles. The third-order valence-electron chi connectivity index (χ3n) is 3.48.